The highest BCUT2D eigenvalue weighted by Crippen LogP contribution is 2.21. The highest BCUT2D eigenvalue weighted by molar-refractivity contribution is 9.10. The van der Waals surface area contributed by atoms with E-state index in [0.29, 0.717) is 5.75 Å². The van der Waals surface area contributed by atoms with E-state index in [0.717, 1.165) is 15.6 Å². The minimum atomic E-state index is -0.506. The molecule has 132 valence electrons. The van der Waals surface area contributed by atoms with Crippen molar-refractivity contribution in [2.24, 2.45) is 4.99 Å². The van der Waals surface area contributed by atoms with Crippen LogP contribution < -0.4 is 4.74 Å². The number of ether oxygens (including phenoxy) is 3. The van der Waals surface area contributed by atoms with Crippen LogP contribution in [-0.2, 0) is 19.1 Å². The summed E-state index contributed by atoms with van der Waals surface area (Å²) in [6, 6.07) is 14.2. The van der Waals surface area contributed by atoms with Crippen LogP contribution in [0.25, 0.3) is 6.08 Å². The largest absolute Gasteiger partial charge is 0.482 e. The fraction of sp³-hybridized carbons (Fsp3) is 0.105. The van der Waals surface area contributed by atoms with Crippen LogP contribution in [0, 0.1) is 0 Å². The fourth-order valence-electron chi connectivity index (χ4n) is 2.14. The first-order valence-electron chi connectivity index (χ1n) is 7.63. The number of esters is 2. The van der Waals surface area contributed by atoms with Gasteiger partial charge in [-0.25, -0.2) is 14.6 Å². The van der Waals surface area contributed by atoms with Crippen LogP contribution >= 0.6 is 15.9 Å². The van der Waals surface area contributed by atoms with Gasteiger partial charge in [0.2, 0.25) is 5.90 Å². The van der Waals surface area contributed by atoms with Crippen molar-refractivity contribution in [3.63, 3.8) is 0 Å². The van der Waals surface area contributed by atoms with Gasteiger partial charge < -0.3 is 14.2 Å². The van der Waals surface area contributed by atoms with Gasteiger partial charge in [-0.15, -0.1) is 0 Å². The first-order chi connectivity index (χ1) is 12.5. The molecule has 0 aromatic heterocycles. The SMILES string of the molecule is COC(=O)COc1ccc(/C=C2\N=C(c3ccc(Br)cc3)OC2=O)cc1. The minimum Gasteiger partial charge on any atom is -0.482 e. The number of benzene rings is 2. The molecule has 0 radical (unpaired) electrons. The summed E-state index contributed by atoms with van der Waals surface area (Å²) in [6.45, 7) is -0.163. The molecule has 26 heavy (non-hydrogen) atoms. The summed E-state index contributed by atoms with van der Waals surface area (Å²) in [4.78, 5) is 27.3. The van der Waals surface area contributed by atoms with Gasteiger partial charge >= 0.3 is 11.9 Å². The molecule has 7 heteroatoms. The Labute approximate surface area is 158 Å². The van der Waals surface area contributed by atoms with Crippen LogP contribution in [0.3, 0.4) is 0 Å². The Morgan fingerprint density at radius 3 is 2.50 bits per heavy atom. The number of cyclic esters (lactones) is 1. The normalized spacial score (nSPS) is 14.8. The van der Waals surface area contributed by atoms with Gasteiger partial charge in [-0.2, -0.15) is 0 Å². The number of hydrogen-bond donors (Lipinski definition) is 0. The second-order valence-corrected chi connectivity index (χ2v) is 6.19. The lowest BCUT2D eigenvalue weighted by atomic mass is 10.2. The zero-order valence-electron chi connectivity index (χ0n) is 13.8. The predicted octanol–water partition coefficient (Wildman–Crippen LogP) is 3.35. The van der Waals surface area contributed by atoms with E-state index in [1.54, 1.807) is 30.3 Å². The summed E-state index contributed by atoms with van der Waals surface area (Å²) in [6.07, 6.45) is 1.62. The molecule has 0 aliphatic carbocycles. The Morgan fingerprint density at radius 2 is 1.85 bits per heavy atom. The van der Waals surface area contributed by atoms with Gasteiger partial charge in [-0.3, -0.25) is 0 Å². The Kier molecular flexibility index (Phi) is 5.48. The first-order valence-corrected chi connectivity index (χ1v) is 8.42. The molecule has 6 nitrogen and oxygen atoms in total. The summed E-state index contributed by atoms with van der Waals surface area (Å²) < 4.78 is 15.9. The van der Waals surface area contributed by atoms with E-state index in [1.165, 1.54) is 7.11 Å². The maximum atomic E-state index is 12.0. The number of carbonyl (C=O) groups excluding carboxylic acids is 2. The lowest BCUT2D eigenvalue weighted by Gasteiger charge is -2.04. The molecule has 0 amide bonds. The Balaban J connectivity index is 1.73. The number of hydrogen-bond acceptors (Lipinski definition) is 6. The molecular formula is C19H14BrNO5. The van der Waals surface area contributed by atoms with E-state index in [4.69, 9.17) is 9.47 Å². The van der Waals surface area contributed by atoms with E-state index in [9.17, 15) is 9.59 Å². The lowest BCUT2D eigenvalue weighted by molar-refractivity contribution is -0.142. The van der Waals surface area contributed by atoms with E-state index in [-0.39, 0.29) is 18.2 Å². The second kappa shape index (κ2) is 7.97. The van der Waals surface area contributed by atoms with Crippen molar-refractivity contribution >= 4 is 39.8 Å². The summed E-state index contributed by atoms with van der Waals surface area (Å²) in [5.41, 5.74) is 1.69. The molecule has 0 fully saturated rings. The van der Waals surface area contributed by atoms with Crippen LogP contribution in [0.1, 0.15) is 11.1 Å². The third-order valence-corrected chi connectivity index (χ3v) is 4.01. The lowest BCUT2D eigenvalue weighted by Crippen LogP contribution is -2.12. The number of aliphatic imine (C=N–C) groups is 1. The quantitative estimate of drug-likeness (QED) is 0.552. The van der Waals surface area contributed by atoms with Gasteiger partial charge in [0.1, 0.15) is 5.75 Å². The van der Waals surface area contributed by atoms with Crippen LogP contribution in [0.4, 0.5) is 0 Å². The molecule has 2 aromatic rings. The van der Waals surface area contributed by atoms with Crippen molar-refractivity contribution in [2.45, 2.75) is 0 Å². The highest BCUT2D eigenvalue weighted by Gasteiger charge is 2.24. The molecular weight excluding hydrogens is 402 g/mol. The molecule has 0 atom stereocenters. The van der Waals surface area contributed by atoms with E-state index in [1.807, 2.05) is 24.3 Å². The number of halogens is 1. The molecule has 0 N–H and O–H groups in total. The fourth-order valence-corrected chi connectivity index (χ4v) is 2.41. The second-order valence-electron chi connectivity index (χ2n) is 5.28. The Hall–Kier alpha value is -2.93. The van der Waals surface area contributed by atoms with Gasteiger partial charge in [0, 0.05) is 10.0 Å². The van der Waals surface area contributed by atoms with Crippen molar-refractivity contribution < 1.29 is 23.8 Å². The first kappa shape index (κ1) is 17.9. The summed E-state index contributed by atoms with van der Waals surface area (Å²) in [5, 5.41) is 0. The Morgan fingerprint density at radius 1 is 1.15 bits per heavy atom. The van der Waals surface area contributed by atoms with E-state index >= 15 is 0 Å². The van der Waals surface area contributed by atoms with Gasteiger partial charge in [-0.05, 0) is 48.0 Å². The molecule has 1 aliphatic heterocycles. The molecule has 1 aliphatic rings. The van der Waals surface area contributed by atoms with Crippen LogP contribution in [0.15, 0.2) is 63.7 Å². The van der Waals surface area contributed by atoms with Crippen LogP contribution in [0.2, 0.25) is 0 Å². The Bertz CT molecular complexity index is 885. The summed E-state index contributed by atoms with van der Waals surface area (Å²) >= 11 is 3.36. The third-order valence-electron chi connectivity index (χ3n) is 3.48. The summed E-state index contributed by atoms with van der Waals surface area (Å²) in [7, 11) is 1.30. The van der Waals surface area contributed by atoms with Crippen molar-refractivity contribution in [1.29, 1.82) is 0 Å². The van der Waals surface area contributed by atoms with Crippen molar-refractivity contribution in [2.75, 3.05) is 13.7 Å². The van der Waals surface area contributed by atoms with E-state index < -0.39 is 11.9 Å². The molecule has 0 saturated heterocycles. The molecule has 1 heterocycles. The molecule has 0 spiro atoms. The zero-order chi connectivity index (χ0) is 18.5. The highest BCUT2D eigenvalue weighted by atomic mass is 79.9. The zero-order valence-corrected chi connectivity index (χ0v) is 15.4. The van der Waals surface area contributed by atoms with Gasteiger partial charge in [0.15, 0.2) is 12.3 Å². The van der Waals surface area contributed by atoms with E-state index in [2.05, 4.69) is 25.7 Å². The maximum Gasteiger partial charge on any atom is 0.363 e. The average molecular weight is 416 g/mol. The van der Waals surface area contributed by atoms with Crippen LogP contribution in [-0.4, -0.2) is 31.6 Å². The topological polar surface area (TPSA) is 74.2 Å². The van der Waals surface area contributed by atoms with Gasteiger partial charge in [-0.1, -0.05) is 28.1 Å². The number of rotatable bonds is 5. The predicted molar refractivity (Wildman–Crippen MR) is 98.7 cm³/mol. The molecule has 0 saturated carbocycles. The van der Waals surface area contributed by atoms with Crippen LogP contribution in [0.5, 0.6) is 5.75 Å². The van der Waals surface area contributed by atoms with Crippen molar-refractivity contribution in [3.05, 3.63) is 69.8 Å². The minimum absolute atomic E-state index is 0.163. The standard InChI is InChI=1S/C19H14BrNO5/c1-24-17(22)11-25-15-8-2-12(3-9-15)10-16-19(23)26-18(21-16)13-4-6-14(20)7-5-13/h2-10H,11H2,1H3/b16-10-. The average Bonchev–Trinajstić information content (AvgIpc) is 3.02. The summed E-state index contributed by atoms with van der Waals surface area (Å²) in [5.74, 6) is -0.175. The van der Waals surface area contributed by atoms with Gasteiger partial charge in [0.05, 0.1) is 7.11 Å². The maximum absolute atomic E-state index is 12.0. The van der Waals surface area contributed by atoms with Gasteiger partial charge in [0.25, 0.3) is 0 Å². The van der Waals surface area contributed by atoms with Crippen molar-refractivity contribution in [3.8, 4) is 5.75 Å². The number of carbonyl (C=O) groups is 2. The monoisotopic (exact) mass is 415 g/mol. The van der Waals surface area contributed by atoms with Crippen molar-refractivity contribution in [1.82, 2.24) is 0 Å². The molecule has 3 rings (SSSR count). The molecule has 0 bridgehead atoms. The number of nitrogens with zero attached hydrogens (tertiary/aromatic N) is 1. The molecule has 0 unspecified atom stereocenters. The smallest absolute Gasteiger partial charge is 0.363 e. The number of methoxy groups -OCH3 is 1. The third kappa shape index (κ3) is 4.37. The molecule has 2 aromatic carbocycles.